The van der Waals surface area contributed by atoms with Crippen molar-refractivity contribution < 1.29 is 14.0 Å². The fraction of sp³-hybridized carbons (Fsp3) is 0.316. The van der Waals surface area contributed by atoms with E-state index in [4.69, 9.17) is 0 Å². The number of nitrogens with one attached hydrogen (secondary N) is 1. The topological polar surface area (TPSA) is 61.8 Å². The minimum absolute atomic E-state index is 0.0551. The lowest BCUT2D eigenvalue weighted by atomic mass is 10.0. The number of hydrogen-bond acceptors (Lipinski definition) is 4. The molecular formula is C19H18FN3O2S. The van der Waals surface area contributed by atoms with Crippen LogP contribution in [-0.2, 0) is 9.59 Å². The molecule has 1 aromatic carbocycles. The molecule has 0 spiro atoms. The van der Waals surface area contributed by atoms with Gasteiger partial charge in [-0.15, -0.1) is 11.3 Å². The fourth-order valence-corrected chi connectivity index (χ4v) is 3.73. The zero-order chi connectivity index (χ0) is 18.1. The van der Waals surface area contributed by atoms with Gasteiger partial charge in [0.15, 0.2) is 0 Å². The molecule has 1 aliphatic heterocycles. The van der Waals surface area contributed by atoms with E-state index in [1.54, 1.807) is 23.5 Å². The number of thiophene rings is 1. The Kier molecular flexibility index (Phi) is 4.55. The van der Waals surface area contributed by atoms with E-state index in [-0.39, 0.29) is 36.1 Å². The summed E-state index contributed by atoms with van der Waals surface area (Å²) >= 11 is 1.57. The third-order valence-electron chi connectivity index (χ3n) is 4.59. The molecule has 134 valence electrons. The first-order valence-electron chi connectivity index (χ1n) is 8.58. The Hall–Kier alpha value is -2.54. The van der Waals surface area contributed by atoms with Crippen molar-refractivity contribution in [3.63, 3.8) is 0 Å². The van der Waals surface area contributed by atoms with Gasteiger partial charge in [-0.1, -0.05) is 18.2 Å². The molecule has 1 saturated carbocycles. The van der Waals surface area contributed by atoms with Gasteiger partial charge < -0.3 is 5.32 Å². The Morgan fingerprint density at radius 2 is 2.00 bits per heavy atom. The second-order valence-electron chi connectivity index (χ2n) is 6.53. The standard InChI is InChI=1S/C19H18FN3O2S/c20-14-7-5-12(6-8-14)16-10-15(17-2-1-9-26-17)22-23(16)18(24)11-21-19(25)13-3-4-13/h1-2,5-9,13,16H,3-4,10-11H2,(H,21,25). The molecule has 1 atom stereocenters. The van der Waals surface area contributed by atoms with E-state index in [2.05, 4.69) is 10.4 Å². The van der Waals surface area contributed by atoms with Gasteiger partial charge in [0.2, 0.25) is 5.91 Å². The average Bonchev–Trinajstić information content (AvgIpc) is 3.18. The maximum absolute atomic E-state index is 13.3. The number of halogens is 1. The molecule has 7 heteroatoms. The summed E-state index contributed by atoms with van der Waals surface area (Å²) in [6, 6.07) is 9.74. The summed E-state index contributed by atoms with van der Waals surface area (Å²) in [4.78, 5) is 25.5. The summed E-state index contributed by atoms with van der Waals surface area (Å²) in [5, 5.41) is 10.6. The Morgan fingerprint density at radius 1 is 1.23 bits per heavy atom. The van der Waals surface area contributed by atoms with Crippen LogP contribution in [0, 0.1) is 11.7 Å². The summed E-state index contributed by atoms with van der Waals surface area (Å²) in [5.41, 5.74) is 1.65. The molecule has 2 heterocycles. The minimum atomic E-state index is -0.319. The molecule has 1 N–H and O–H groups in total. The monoisotopic (exact) mass is 371 g/mol. The minimum Gasteiger partial charge on any atom is -0.347 e. The molecule has 4 rings (SSSR count). The van der Waals surface area contributed by atoms with E-state index in [0.717, 1.165) is 29.0 Å². The van der Waals surface area contributed by atoms with Crippen molar-refractivity contribution in [3.8, 4) is 0 Å². The van der Waals surface area contributed by atoms with Gasteiger partial charge in [0.1, 0.15) is 5.82 Å². The largest absolute Gasteiger partial charge is 0.347 e. The third-order valence-corrected chi connectivity index (χ3v) is 5.51. The van der Waals surface area contributed by atoms with Crippen molar-refractivity contribution in [1.29, 1.82) is 0 Å². The lowest BCUT2D eigenvalue weighted by Crippen LogP contribution is -2.38. The third kappa shape index (κ3) is 3.53. The second-order valence-corrected chi connectivity index (χ2v) is 7.47. The van der Waals surface area contributed by atoms with Crippen LogP contribution in [0.5, 0.6) is 0 Å². The predicted octanol–water partition coefficient (Wildman–Crippen LogP) is 3.09. The first-order valence-corrected chi connectivity index (χ1v) is 9.46. The Balaban J connectivity index is 1.54. The van der Waals surface area contributed by atoms with E-state index in [0.29, 0.717) is 6.42 Å². The van der Waals surface area contributed by atoms with Crippen LogP contribution in [0.25, 0.3) is 0 Å². The molecular weight excluding hydrogens is 353 g/mol. The molecule has 1 aromatic heterocycles. The average molecular weight is 371 g/mol. The zero-order valence-electron chi connectivity index (χ0n) is 14.0. The van der Waals surface area contributed by atoms with Crippen LogP contribution in [0.15, 0.2) is 46.9 Å². The van der Waals surface area contributed by atoms with Gasteiger partial charge in [-0.05, 0) is 42.0 Å². The maximum atomic E-state index is 13.3. The lowest BCUT2D eigenvalue weighted by Gasteiger charge is -2.22. The summed E-state index contributed by atoms with van der Waals surface area (Å²) < 4.78 is 13.3. The number of benzene rings is 1. The predicted molar refractivity (Wildman–Crippen MR) is 97.2 cm³/mol. The molecule has 1 aliphatic carbocycles. The first kappa shape index (κ1) is 16.9. The summed E-state index contributed by atoms with van der Waals surface area (Å²) in [6.45, 7) is -0.0752. The van der Waals surface area contributed by atoms with E-state index < -0.39 is 0 Å². The normalized spacial score (nSPS) is 19.3. The van der Waals surface area contributed by atoms with Crippen LogP contribution < -0.4 is 5.32 Å². The number of carbonyl (C=O) groups is 2. The molecule has 1 fully saturated rings. The van der Waals surface area contributed by atoms with Gasteiger partial charge in [-0.3, -0.25) is 9.59 Å². The number of nitrogens with zero attached hydrogens (tertiary/aromatic N) is 2. The molecule has 1 unspecified atom stereocenters. The molecule has 5 nitrogen and oxygen atoms in total. The van der Waals surface area contributed by atoms with Crippen molar-refractivity contribution >= 4 is 28.9 Å². The van der Waals surface area contributed by atoms with Crippen LogP contribution >= 0.6 is 11.3 Å². The van der Waals surface area contributed by atoms with E-state index >= 15 is 0 Å². The summed E-state index contributed by atoms with van der Waals surface area (Å²) in [7, 11) is 0. The van der Waals surface area contributed by atoms with Gasteiger partial charge >= 0.3 is 0 Å². The van der Waals surface area contributed by atoms with Crippen molar-refractivity contribution in [1.82, 2.24) is 10.3 Å². The summed E-state index contributed by atoms with van der Waals surface area (Å²) in [6.07, 6.45) is 2.35. The SMILES string of the molecule is O=C(NCC(=O)N1N=C(c2cccs2)CC1c1ccc(F)cc1)C1CC1. The van der Waals surface area contributed by atoms with Crippen molar-refractivity contribution in [3.05, 3.63) is 58.0 Å². The maximum Gasteiger partial charge on any atom is 0.262 e. The van der Waals surface area contributed by atoms with Gasteiger partial charge in [-0.25, -0.2) is 9.40 Å². The molecule has 0 saturated heterocycles. The van der Waals surface area contributed by atoms with Crippen molar-refractivity contribution in [2.75, 3.05) is 6.54 Å². The first-order chi connectivity index (χ1) is 12.6. The molecule has 0 bridgehead atoms. The molecule has 2 aromatic rings. The highest BCUT2D eigenvalue weighted by Gasteiger charge is 2.34. The van der Waals surface area contributed by atoms with Gasteiger partial charge in [0.25, 0.3) is 5.91 Å². The van der Waals surface area contributed by atoms with Crippen LogP contribution in [-0.4, -0.2) is 29.1 Å². The van der Waals surface area contributed by atoms with E-state index in [1.807, 2.05) is 17.5 Å². The van der Waals surface area contributed by atoms with Crippen molar-refractivity contribution in [2.24, 2.45) is 11.0 Å². The Bertz CT molecular complexity index is 844. The highest BCUT2D eigenvalue weighted by Crippen LogP contribution is 2.34. The van der Waals surface area contributed by atoms with Crippen LogP contribution in [0.1, 0.15) is 35.7 Å². The molecule has 2 aliphatic rings. The van der Waals surface area contributed by atoms with E-state index in [9.17, 15) is 14.0 Å². The number of hydrogen-bond donors (Lipinski definition) is 1. The van der Waals surface area contributed by atoms with Crippen LogP contribution in [0.2, 0.25) is 0 Å². The second kappa shape index (κ2) is 6.99. The highest BCUT2D eigenvalue weighted by atomic mass is 32.1. The van der Waals surface area contributed by atoms with Crippen LogP contribution in [0.3, 0.4) is 0 Å². The zero-order valence-corrected chi connectivity index (χ0v) is 14.8. The van der Waals surface area contributed by atoms with Gasteiger partial charge in [0.05, 0.1) is 23.2 Å². The van der Waals surface area contributed by atoms with E-state index in [1.165, 1.54) is 17.1 Å². The van der Waals surface area contributed by atoms with Crippen LogP contribution in [0.4, 0.5) is 4.39 Å². The van der Waals surface area contributed by atoms with Gasteiger partial charge in [0, 0.05) is 12.3 Å². The number of hydrazone groups is 1. The Labute approximate surface area is 154 Å². The molecule has 26 heavy (non-hydrogen) atoms. The smallest absolute Gasteiger partial charge is 0.262 e. The molecule has 2 amide bonds. The van der Waals surface area contributed by atoms with Crippen molar-refractivity contribution in [2.45, 2.75) is 25.3 Å². The Morgan fingerprint density at radius 3 is 2.65 bits per heavy atom. The fourth-order valence-electron chi connectivity index (χ4n) is 3.01. The summed E-state index contributed by atoms with van der Waals surface area (Å²) in [5.74, 6) is -0.599. The number of rotatable bonds is 5. The van der Waals surface area contributed by atoms with Gasteiger partial charge in [-0.2, -0.15) is 5.10 Å². The highest BCUT2D eigenvalue weighted by molar-refractivity contribution is 7.12. The number of amides is 2. The molecule has 0 radical (unpaired) electrons. The quantitative estimate of drug-likeness (QED) is 0.878. The lowest BCUT2D eigenvalue weighted by molar-refractivity contribution is -0.134. The number of carbonyl (C=O) groups excluding carboxylic acids is 2.